The highest BCUT2D eigenvalue weighted by Crippen LogP contribution is 2.38. The number of nitrogens with zero attached hydrogens (tertiary/aromatic N) is 1. The molecule has 3 rings (SSSR count). The van der Waals surface area contributed by atoms with Crippen molar-refractivity contribution >= 4 is 5.91 Å². The van der Waals surface area contributed by atoms with Gasteiger partial charge in [-0.05, 0) is 24.2 Å². The van der Waals surface area contributed by atoms with Gasteiger partial charge in [0.25, 0.3) is 0 Å². The van der Waals surface area contributed by atoms with Gasteiger partial charge in [0.1, 0.15) is 24.4 Å². The number of rotatable bonds is 10. The number of ether oxygens (including phenoxy) is 3. The fraction of sp³-hybridized carbons (Fsp3) is 0.957. The molecular weight excluding hydrogens is 466 g/mol. The fourth-order valence-corrected chi connectivity index (χ4v) is 5.75. The molecule has 12 heteroatoms. The maximum absolute atomic E-state index is 12.6. The molecule has 10 unspecified atom stereocenters. The lowest BCUT2D eigenvalue weighted by atomic mass is 9.77. The largest absolute Gasteiger partial charge is 0.396 e. The zero-order valence-corrected chi connectivity index (χ0v) is 20.3. The second kappa shape index (κ2) is 12.5. The lowest BCUT2D eigenvalue weighted by molar-refractivity contribution is -0.336. The normalized spacial score (nSPS) is 42.7. The summed E-state index contributed by atoms with van der Waals surface area (Å²) in [6.07, 6.45) is -7.68. The summed E-state index contributed by atoms with van der Waals surface area (Å²) < 4.78 is 17.5. The molecule has 0 radical (unpaired) electrons. The van der Waals surface area contributed by atoms with Gasteiger partial charge in [-0.2, -0.15) is 0 Å². The molecule has 12 nitrogen and oxygen atoms in total. The first-order valence-corrected chi connectivity index (χ1v) is 12.4. The number of likely N-dealkylation sites (tertiary alicyclic amines) is 1. The van der Waals surface area contributed by atoms with E-state index in [0.29, 0.717) is 18.9 Å². The maximum atomic E-state index is 12.6. The Labute approximate surface area is 205 Å². The van der Waals surface area contributed by atoms with Crippen molar-refractivity contribution in [2.24, 2.45) is 29.6 Å². The number of aliphatic hydroxyl groups is 7. The van der Waals surface area contributed by atoms with Crippen molar-refractivity contribution in [2.75, 3.05) is 39.6 Å². The van der Waals surface area contributed by atoms with E-state index >= 15 is 0 Å². The van der Waals surface area contributed by atoms with Crippen LogP contribution >= 0.6 is 0 Å². The second-order valence-electron chi connectivity index (χ2n) is 10.3. The zero-order valence-electron chi connectivity index (χ0n) is 20.3. The van der Waals surface area contributed by atoms with E-state index in [-0.39, 0.29) is 11.8 Å². The molecule has 1 amide bonds. The van der Waals surface area contributed by atoms with Crippen LogP contribution in [0.25, 0.3) is 0 Å². The van der Waals surface area contributed by atoms with Crippen molar-refractivity contribution in [2.45, 2.75) is 69.7 Å². The Morgan fingerprint density at radius 1 is 0.886 bits per heavy atom. The van der Waals surface area contributed by atoms with Crippen LogP contribution in [-0.2, 0) is 19.0 Å². The topological polar surface area (TPSA) is 190 Å². The molecule has 3 saturated heterocycles. The van der Waals surface area contributed by atoms with Crippen LogP contribution in [0.1, 0.15) is 26.7 Å². The number of hydrogen-bond acceptors (Lipinski definition) is 11. The van der Waals surface area contributed by atoms with Gasteiger partial charge in [0.2, 0.25) is 5.91 Å². The van der Waals surface area contributed by atoms with Crippen LogP contribution in [0.3, 0.4) is 0 Å². The van der Waals surface area contributed by atoms with Crippen LogP contribution in [0.15, 0.2) is 0 Å². The van der Waals surface area contributed by atoms with Crippen LogP contribution in [0.5, 0.6) is 0 Å². The summed E-state index contributed by atoms with van der Waals surface area (Å²) in [5.41, 5.74) is 0. The molecule has 0 aromatic carbocycles. The van der Waals surface area contributed by atoms with Gasteiger partial charge in [0, 0.05) is 38.0 Å². The van der Waals surface area contributed by atoms with Gasteiger partial charge in [-0.15, -0.1) is 0 Å². The van der Waals surface area contributed by atoms with E-state index in [0.717, 1.165) is 6.42 Å². The third-order valence-electron chi connectivity index (χ3n) is 7.53. The highest BCUT2D eigenvalue weighted by molar-refractivity contribution is 5.79. The van der Waals surface area contributed by atoms with E-state index < -0.39 is 93.8 Å². The summed E-state index contributed by atoms with van der Waals surface area (Å²) in [6.45, 7) is 2.13. The number of aliphatic hydroxyl groups excluding tert-OH is 7. The quantitative estimate of drug-likeness (QED) is 0.162. The van der Waals surface area contributed by atoms with Gasteiger partial charge < -0.3 is 54.9 Å². The predicted molar refractivity (Wildman–Crippen MR) is 119 cm³/mol. The molecule has 11 atom stereocenters. The minimum absolute atomic E-state index is 0.100. The van der Waals surface area contributed by atoms with Crippen LogP contribution in [0, 0.1) is 29.6 Å². The fourth-order valence-electron chi connectivity index (χ4n) is 5.75. The first-order chi connectivity index (χ1) is 16.7. The van der Waals surface area contributed by atoms with Gasteiger partial charge in [-0.1, -0.05) is 13.8 Å². The highest BCUT2D eigenvalue weighted by atomic mass is 16.7. The average molecular weight is 508 g/mol. The van der Waals surface area contributed by atoms with Gasteiger partial charge in [0.15, 0.2) is 12.5 Å². The number of carbonyl (C=O) groups is 1. The molecule has 35 heavy (non-hydrogen) atoms. The van der Waals surface area contributed by atoms with Gasteiger partial charge >= 0.3 is 0 Å². The molecule has 3 heterocycles. The summed E-state index contributed by atoms with van der Waals surface area (Å²) in [5.74, 6) is -1.86. The molecule has 3 fully saturated rings. The van der Waals surface area contributed by atoms with Gasteiger partial charge in [-0.25, -0.2) is 0 Å². The molecule has 0 saturated carbocycles. The third kappa shape index (κ3) is 5.98. The Bertz CT molecular complexity index is 680. The standard InChI is InChI=1S/C23H41NO11/c1-11(2)3-12-4-18(30)24(5-12)22-20(32)19(31)21(17(10-29)33-22)35-23-15(8-27)13(6-25)14(7-26)16(9-28)34-23/h11-17,19-23,25-29,31-32H,3-10H2,1-2H3/t12?,13?,14?,15?,16?,17?,19?,20?,21?,22?,23-/m0/s1. The summed E-state index contributed by atoms with van der Waals surface area (Å²) in [7, 11) is 0. The SMILES string of the molecule is CC(C)CC1CC(=O)N(C2OC(CO)C(O[C@@H]3OC(CO)C(CO)C(CO)C3CO)C(O)C2O)C1. The maximum Gasteiger partial charge on any atom is 0.225 e. The van der Waals surface area contributed by atoms with E-state index in [4.69, 9.17) is 14.2 Å². The predicted octanol–water partition coefficient (Wildman–Crippen LogP) is -2.75. The smallest absolute Gasteiger partial charge is 0.225 e. The third-order valence-corrected chi connectivity index (χ3v) is 7.53. The Morgan fingerprint density at radius 3 is 2.06 bits per heavy atom. The first kappa shape index (κ1) is 28.6. The number of amides is 1. The average Bonchev–Trinajstić information content (AvgIpc) is 3.19. The van der Waals surface area contributed by atoms with E-state index in [1.807, 2.05) is 0 Å². The van der Waals surface area contributed by atoms with E-state index in [1.165, 1.54) is 4.90 Å². The van der Waals surface area contributed by atoms with Gasteiger partial charge in [0.05, 0.1) is 25.9 Å². The number of hydrogen-bond donors (Lipinski definition) is 7. The number of carbonyl (C=O) groups excluding carboxylic acids is 1. The Morgan fingerprint density at radius 2 is 1.51 bits per heavy atom. The molecule has 7 N–H and O–H groups in total. The molecule has 3 aliphatic rings. The zero-order chi connectivity index (χ0) is 25.9. The molecule has 204 valence electrons. The molecule has 0 aliphatic carbocycles. The Balaban J connectivity index is 1.76. The summed E-state index contributed by atoms with van der Waals surface area (Å²) in [4.78, 5) is 14.0. The Kier molecular flexibility index (Phi) is 10.3. The van der Waals surface area contributed by atoms with Crippen molar-refractivity contribution in [1.82, 2.24) is 4.90 Å². The summed E-state index contributed by atoms with van der Waals surface area (Å²) >= 11 is 0. The second-order valence-corrected chi connectivity index (χ2v) is 10.3. The Hall–Kier alpha value is -0.930. The van der Waals surface area contributed by atoms with E-state index in [9.17, 15) is 40.5 Å². The van der Waals surface area contributed by atoms with Crippen LogP contribution in [-0.4, -0.2) is 129 Å². The molecule has 0 bridgehead atoms. The van der Waals surface area contributed by atoms with Crippen molar-refractivity contribution in [3.05, 3.63) is 0 Å². The molecule has 3 aliphatic heterocycles. The lowest BCUT2D eigenvalue weighted by Gasteiger charge is -2.49. The van der Waals surface area contributed by atoms with E-state index in [2.05, 4.69) is 13.8 Å². The van der Waals surface area contributed by atoms with E-state index in [1.54, 1.807) is 0 Å². The van der Waals surface area contributed by atoms with Crippen molar-refractivity contribution in [3.8, 4) is 0 Å². The monoisotopic (exact) mass is 507 g/mol. The molecular formula is C23H41NO11. The minimum atomic E-state index is -1.57. The van der Waals surface area contributed by atoms with Crippen LogP contribution < -0.4 is 0 Å². The summed E-state index contributed by atoms with van der Waals surface area (Å²) in [5, 5.41) is 71.0. The van der Waals surface area contributed by atoms with Crippen molar-refractivity contribution in [3.63, 3.8) is 0 Å². The summed E-state index contributed by atoms with van der Waals surface area (Å²) in [6, 6.07) is 0. The lowest BCUT2D eigenvalue weighted by Crippen LogP contribution is -2.65. The van der Waals surface area contributed by atoms with Gasteiger partial charge in [-0.3, -0.25) is 4.79 Å². The first-order valence-electron chi connectivity index (χ1n) is 12.4. The van der Waals surface area contributed by atoms with Crippen LogP contribution in [0.4, 0.5) is 0 Å². The highest BCUT2D eigenvalue weighted by Gasteiger charge is 2.53. The van der Waals surface area contributed by atoms with Crippen LogP contribution in [0.2, 0.25) is 0 Å². The molecule has 0 aromatic heterocycles. The minimum Gasteiger partial charge on any atom is -0.396 e. The molecule has 0 spiro atoms. The molecule has 0 aromatic rings. The van der Waals surface area contributed by atoms with Crippen molar-refractivity contribution < 1.29 is 54.8 Å². The van der Waals surface area contributed by atoms with Crippen molar-refractivity contribution in [1.29, 1.82) is 0 Å².